The number of carbonyl (C=O) groups is 2. The lowest BCUT2D eigenvalue weighted by Gasteiger charge is -2.21. The second-order valence-electron chi connectivity index (χ2n) is 10.2. The molecule has 0 saturated carbocycles. The molecule has 0 bridgehead atoms. The molecule has 2 aliphatic heterocycles. The molecule has 1 fully saturated rings. The maximum Gasteiger partial charge on any atom is 0.279 e. The van der Waals surface area contributed by atoms with E-state index in [1.165, 1.54) is 59.2 Å². The fraction of sp³-hybridized carbons (Fsp3) is 0.655. The summed E-state index contributed by atoms with van der Waals surface area (Å²) in [5, 5.41) is 2.74. The summed E-state index contributed by atoms with van der Waals surface area (Å²) >= 11 is 2.94. The van der Waals surface area contributed by atoms with Gasteiger partial charge in [-0.3, -0.25) is 19.6 Å². The van der Waals surface area contributed by atoms with Crippen LogP contribution in [0.2, 0.25) is 0 Å². The van der Waals surface area contributed by atoms with E-state index in [0.29, 0.717) is 29.3 Å². The summed E-state index contributed by atoms with van der Waals surface area (Å²) in [5.74, 6) is 2.14. The third-order valence-electron chi connectivity index (χ3n) is 7.43. The maximum absolute atomic E-state index is 12.9. The molecule has 1 aromatic carbocycles. The standard InChI is InChI=1S/C29H44N2O4S2/c1-8-12-14-20(10-3)17-34-22-16-19(5)24(35-18-21(11-4)15-13-9-2)26-25(22)36-29(37-26)23-27(32)30(6)31(7)28(23)33/h16,20-21H,8-15,17-18H2,1-7H3. The fourth-order valence-electron chi connectivity index (χ4n) is 4.57. The van der Waals surface area contributed by atoms with Gasteiger partial charge in [0.25, 0.3) is 11.8 Å². The van der Waals surface area contributed by atoms with Gasteiger partial charge >= 0.3 is 0 Å². The van der Waals surface area contributed by atoms with Gasteiger partial charge in [-0.2, -0.15) is 0 Å². The number of carbonyl (C=O) groups excluding carboxylic acids is 2. The molecule has 0 aromatic heterocycles. The first kappa shape index (κ1) is 29.8. The highest BCUT2D eigenvalue weighted by molar-refractivity contribution is 8.25. The van der Waals surface area contributed by atoms with Gasteiger partial charge < -0.3 is 9.47 Å². The first-order valence-electron chi connectivity index (χ1n) is 13.9. The second kappa shape index (κ2) is 13.8. The minimum Gasteiger partial charge on any atom is -0.492 e. The molecular formula is C29H44N2O4S2. The van der Waals surface area contributed by atoms with Crippen molar-refractivity contribution in [3.63, 3.8) is 0 Å². The van der Waals surface area contributed by atoms with Crippen molar-refractivity contribution in [2.45, 2.75) is 95.8 Å². The molecule has 3 rings (SSSR count). The van der Waals surface area contributed by atoms with Crippen molar-refractivity contribution in [3.05, 3.63) is 21.4 Å². The van der Waals surface area contributed by atoms with E-state index in [-0.39, 0.29) is 17.4 Å². The van der Waals surface area contributed by atoms with Gasteiger partial charge in [0, 0.05) is 14.1 Å². The lowest BCUT2D eigenvalue weighted by molar-refractivity contribution is -0.141. The van der Waals surface area contributed by atoms with Crippen LogP contribution in [0.5, 0.6) is 11.5 Å². The van der Waals surface area contributed by atoms with Crippen molar-refractivity contribution in [1.82, 2.24) is 10.0 Å². The smallest absolute Gasteiger partial charge is 0.279 e. The zero-order valence-corrected chi connectivity index (χ0v) is 25.3. The van der Waals surface area contributed by atoms with E-state index in [0.717, 1.165) is 52.5 Å². The van der Waals surface area contributed by atoms with Crippen LogP contribution < -0.4 is 9.47 Å². The minimum absolute atomic E-state index is 0.231. The van der Waals surface area contributed by atoms with Gasteiger partial charge in [-0.15, -0.1) is 0 Å². The molecule has 2 heterocycles. The number of hydrogen-bond donors (Lipinski definition) is 0. The van der Waals surface area contributed by atoms with Gasteiger partial charge in [0.1, 0.15) is 17.1 Å². The first-order valence-corrected chi connectivity index (χ1v) is 15.5. The Morgan fingerprint density at radius 2 is 1.32 bits per heavy atom. The summed E-state index contributed by atoms with van der Waals surface area (Å²) in [7, 11) is 3.25. The Hall–Kier alpha value is -1.80. The van der Waals surface area contributed by atoms with Crippen molar-refractivity contribution in [1.29, 1.82) is 0 Å². The Balaban J connectivity index is 1.94. The molecular weight excluding hydrogens is 504 g/mol. The highest BCUT2D eigenvalue weighted by Crippen LogP contribution is 2.60. The Kier molecular flexibility index (Phi) is 11.1. The zero-order valence-electron chi connectivity index (χ0n) is 23.6. The third-order valence-corrected chi connectivity index (χ3v) is 10.0. The van der Waals surface area contributed by atoms with E-state index in [2.05, 4.69) is 40.7 Å². The van der Waals surface area contributed by atoms with E-state index < -0.39 is 0 Å². The van der Waals surface area contributed by atoms with Crippen molar-refractivity contribution >= 4 is 35.3 Å². The monoisotopic (exact) mass is 548 g/mol. The van der Waals surface area contributed by atoms with Crippen molar-refractivity contribution in [2.24, 2.45) is 11.8 Å². The van der Waals surface area contributed by atoms with Crippen LogP contribution in [-0.4, -0.2) is 49.1 Å². The number of hydrazine groups is 1. The molecule has 8 heteroatoms. The van der Waals surface area contributed by atoms with Crippen LogP contribution >= 0.6 is 23.5 Å². The molecule has 2 atom stereocenters. The van der Waals surface area contributed by atoms with Crippen LogP contribution in [0.3, 0.4) is 0 Å². The molecule has 37 heavy (non-hydrogen) atoms. The quantitative estimate of drug-likeness (QED) is 0.178. The molecule has 0 N–H and O–H groups in total. The number of nitrogens with zero attached hydrogens (tertiary/aromatic N) is 2. The SMILES string of the molecule is CCCCC(CC)COc1cc(C)c(OCC(CC)CCCC)c2c1SC(=C1C(=O)N(C)N(C)C1=O)S2. The Morgan fingerprint density at radius 1 is 0.811 bits per heavy atom. The Labute approximate surface area is 231 Å². The highest BCUT2D eigenvalue weighted by atomic mass is 32.2. The molecule has 2 aliphatic rings. The topological polar surface area (TPSA) is 59.1 Å². The minimum atomic E-state index is -0.270. The highest BCUT2D eigenvalue weighted by Gasteiger charge is 2.42. The van der Waals surface area contributed by atoms with Crippen molar-refractivity contribution < 1.29 is 19.1 Å². The number of aryl methyl sites for hydroxylation is 1. The number of rotatable bonds is 14. The fourth-order valence-corrected chi connectivity index (χ4v) is 7.32. The molecule has 6 nitrogen and oxygen atoms in total. The average molecular weight is 549 g/mol. The molecule has 2 amide bonds. The van der Waals surface area contributed by atoms with Crippen LogP contribution in [-0.2, 0) is 9.59 Å². The van der Waals surface area contributed by atoms with Crippen LogP contribution in [0.15, 0.2) is 25.7 Å². The molecule has 2 unspecified atom stereocenters. The number of fused-ring (bicyclic) bond motifs is 1. The van der Waals surface area contributed by atoms with Gasteiger partial charge in [-0.05, 0) is 43.2 Å². The predicted octanol–water partition coefficient (Wildman–Crippen LogP) is 7.44. The predicted molar refractivity (Wildman–Crippen MR) is 153 cm³/mol. The number of hydrogen-bond acceptors (Lipinski definition) is 6. The van der Waals surface area contributed by atoms with E-state index >= 15 is 0 Å². The van der Waals surface area contributed by atoms with Crippen LogP contribution in [0.25, 0.3) is 0 Å². The summed E-state index contributed by atoms with van der Waals surface area (Å²) in [6, 6.07) is 2.07. The lowest BCUT2D eigenvalue weighted by atomic mass is 10.0. The van der Waals surface area contributed by atoms with Crippen LogP contribution in [0.1, 0.15) is 84.6 Å². The van der Waals surface area contributed by atoms with Crippen molar-refractivity contribution in [3.8, 4) is 11.5 Å². The second-order valence-corrected chi connectivity index (χ2v) is 12.5. The van der Waals surface area contributed by atoms with E-state index in [9.17, 15) is 9.59 Å². The summed E-state index contributed by atoms with van der Waals surface area (Å²) in [4.78, 5) is 27.8. The number of amides is 2. The number of ether oxygens (including phenoxy) is 2. The summed E-state index contributed by atoms with van der Waals surface area (Å²) in [6.07, 6.45) is 9.25. The number of benzene rings is 1. The first-order chi connectivity index (χ1) is 17.8. The average Bonchev–Trinajstić information content (AvgIpc) is 3.40. The van der Waals surface area contributed by atoms with Crippen LogP contribution in [0.4, 0.5) is 0 Å². The van der Waals surface area contributed by atoms with E-state index in [1.54, 1.807) is 14.1 Å². The zero-order chi connectivity index (χ0) is 27.1. The van der Waals surface area contributed by atoms with Gasteiger partial charge in [0.2, 0.25) is 0 Å². The third kappa shape index (κ3) is 6.80. The summed E-state index contributed by atoms with van der Waals surface area (Å²) in [5.41, 5.74) is 1.26. The molecule has 0 aliphatic carbocycles. The molecule has 206 valence electrons. The summed E-state index contributed by atoms with van der Waals surface area (Å²) < 4.78 is 13.6. The Bertz CT molecular complexity index is 988. The Morgan fingerprint density at radius 3 is 1.84 bits per heavy atom. The number of likely N-dealkylation sites (N-methyl/N-ethyl adjacent to an activating group) is 2. The molecule has 1 saturated heterocycles. The normalized spacial score (nSPS) is 17.1. The number of unbranched alkanes of at least 4 members (excludes halogenated alkanes) is 2. The maximum atomic E-state index is 12.9. The van der Waals surface area contributed by atoms with Crippen molar-refractivity contribution in [2.75, 3.05) is 27.3 Å². The largest absolute Gasteiger partial charge is 0.492 e. The van der Waals surface area contributed by atoms with Gasteiger partial charge in [0.05, 0.1) is 27.2 Å². The molecule has 0 spiro atoms. The van der Waals surface area contributed by atoms with Gasteiger partial charge in [-0.25, -0.2) is 0 Å². The van der Waals surface area contributed by atoms with E-state index in [1.807, 2.05) is 0 Å². The lowest BCUT2D eigenvalue weighted by Crippen LogP contribution is -2.33. The van der Waals surface area contributed by atoms with Gasteiger partial charge in [-0.1, -0.05) is 89.7 Å². The number of thioether (sulfide) groups is 2. The molecule has 0 radical (unpaired) electrons. The van der Waals surface area contributed by atoms with E-state index in [4.69, 9.17) is 9.47 Å². The molecule has 1 aromatic rings. The van der Waals surface area contributed by atoms with Crippen LogP contribution in [0, 0.1) is 18.8 Å². The van der Waals surface area contributed by atoms with Gasteiger partial charge in [0.15, 0.2) is 0 Å². The summed E-state index contributed by atoms with van der Waals surface area (Å²) in [6.45, 7) is 12.3.